The Labute approximate surface area is 97.2 Å². The van der Waals surface area contributed by atoms with Crippen LogP contribution in [0.25, 0.3) is 0 Å². The van der Waals surface area contributed by atoms with E-state index in [0.717, 1.165) is 38.6 Å². The van der Waals surface area contributed by atoms with Gasteiger partial charge in [0, 0.05) is 6.04 Å². The number of hydrogen-bond donors (Lipinski definition) is 2. The molecule has 16 heavy (non-hydrogen) atoms. The first kappa shape index (κ1) is 13.2. The Hall–Kier alpha value is -0.900. The van der Waals surface area contributed by atoms with Gasteiger partial charge in [-0.25, -0.2) is 0 Å². The second-order valence-corrected chi connectivity index (χ2v) is 4.41. The van der Waals surface area contributed by atoms with Gasteiger partial charge in [-0.2, -0.15) is 0 Å². The van der Waals surface area contributed by atoms with Crippen LogP contribution in [0.5, 0.6) is 0 Å². The van der Waals surface area contributed by atoms with E-state index in [2.05, 4.69) is 10.6 Å². The highest BCUT2D eigenvalue weighted by Crippen LogP contribution is 2.18. The third-order valence-corrected chi connectivity index (χ3v) is 2.67. The lowest BCUT2D eigenvalue weighted by atomic mass is 10.1. The van der Waals surface area contributed by atoms with Gasteiger partial charge in [0.1, 0.15) is 0 Å². The summed E-state index contributed by atoms with van der Waals surface area (Å²) >= 11 is 0. The molecule has 0 saturated heterocycles. The van der Waals surface area contributed by atoms with E-state index in [-0.39, 0.29) is 17.9 Å². The zero-order valence-corrected chi connectivity index (χ0v) is 10.2. The molecule has 0 radical (unpaired) electrons. The maximum absolute atomic E-state index is 11.8. The van der Waals surface area contributed by atoms with Crippen molar-refractivity contribution in [3.05, 3.63) is 0 Å². The molecule has 1 aliphatic carbocycles. The van der Waals surface area contributed by atoms with Gasteiger partial charge < -0.3 is 10.6 Å². The van der Waals surface area contributed by atoms with Crippen LogP contribution >= 0.6 is 0 Å². The third kappa shape index (κ3) is 4.31. The molecular formula is C12H22N2O2. The van der Waals surface area contributed by atoms with Crippen LogP contribution in [0.3, 0.4) is 0 Å². The van der Waals surface area contributed by atoms with Crippen LogP contribution in [0.4, 0.5) is 0 Å². The Bertz CT molecular complexity index is 249. The van der Waals surface area contributed by atoms with Crippen molar-refractivity contribution in [2.45, 2.75) is 58.0 Å². The Kier molecular flexibility index (Phi) is 5.46. The summed E-state index contributed by atoms with van der Waals surface area (Å²) in [5.41, 5.74) is 0. The molecule has 1 amide bonds. The van der Waals surface area contributed by atoms with Gasteiger partial charge in [0.15, 0.2) is 0 Å². The van der Waals surface area contributed by atoms with Crippen LogP contribution in [0.15, 0.2) is 0 Å². The van der Waals surface area contributed by atoms with E-state index in [4.69, 9.17) is 0 Å². The fourth-order valence-electron chi connectivity index (χ4n) is 1.58. The fraction of sp³-hybridized carbons (Fsp3) is 0.833. The average molecular weight is 226 g/mol. The van der Waals surface area contributed by atoms with Crippen molar-refractivity contribution < 1.29 is 9.59 Å². The van der Waals surface area contributed by atoms with E-state index in [9.17, 15) is 9.59 Å². The quantitative estimate of drug-likeness (QED) is 0.607. The molecule has 4 nitrogen and oxygen atoms in total. The van der Waals surface area contributed by atoms with Gasteiger partial charge >= 0.3 is 0 Å². The maximum Gasteiger partial charge on any atom is 0.289 e. The number of carbonyl (C=O) groups is 2. The molecule has 1 aliphatic rings. The minimum atomic E-state index is -0.412. The lowest BCUT2D eigenvalue weighted by Crippen LogP contribution is -2.46. The molecule has 0 bridgehead atoms. The summed E-state index contributed by atoms with van der Waals surface area (Å²) in [4.78, 5) is 23.4. The van der Waals surface area contributed by atoms with Crippen molar-refractivity contribution in [3.63, 3.8) is 0 Å². The van der Waals surface area contributed by atoms with Crippen molar-refractivity contribution in [1.29, 1.82) is 0 Å². The van der Waals surface area contributed by atoms with Gasteiger partial charge in [-0.3, -0.25) is 9.59 Å². The zero-order chi connectivity index (χ0) is 12.0. The number of Topliss-reactive ketones (excluding diaryl/α,β-unsaturated/α-hetero) is 1. The Balaban J connectivity index is 2.40. The lowest BCUT2D eigenvalue weighted by Gasteiger charge is -2.15. The normalized spacial score (nSPS) is 16.9. The van der Waals surface area contributed by atoms with Gasteiger partial charge in [0.25, 0.3) is 5.91 Å². The molecule has 0 aromatic heterocycles. The molecule has 1 unspecified atom stereocenters. The number of rotatable bonds is 8. The van der Waals surface area contributed by atoms with Crippen molar-refractivity contribution >= 4 is 11.7 Å². The minimum absolute atomic E-state index is 0.255. The van der Waals surface area contributed by atoms with Gasteiger partial charge in [0.05, 0.1) is 6.04 Å². The molecule has 4 heteroatoms. The molecule has 0 spiro atoms. The van der Waals surface area contributed by atoms with Crippen molar-refractivity contribution in [3.8, 4) is 0 Å². The number of amides is 1. The van der Waals surface area contributed by atoms with Gasteiger partial charge in [-0.1, -0.05) is 20.3 Å². The van der Waals surface area contributed by atoms with Gasteiger partial charge in [0.2, 0.25) is 5.78 Å². The molecule has 0 aromatic rings. The highest BCUT2D eigenvalue weighted by Gasteiger charge is 2.29. The first-order chi connectivity index (χ1) is 7.69. The monoisotopic (exact) mass is 226 g/mol. The highest BCUT2D eigenvalue weighted by molar-refractivity contribution is 6.38. The number of carbonyl (C=O) groups excluding carboxylic acids is 2. The average Bonchev–Trinajstić information content (AvgIpc) is 3.07. The SMILES string of the molecule is CCCNC(CCC)C(=O)C(=O)NC1CC1. The molecular weight excluding hydrogens is 204 g/mol. The third-order valence-electron chi connectivity index (χ3n) is 2.67. The first-order valence-corrected chi connectivity index (χ1v) is 6.27. The summed E-state index contributed by atoms with van der Waals surface area (Å²) in [6.45, 7) is 4.85. The molecule has 1 atom stereocenters. The van der Waals surface area contributed by atoms with Crippen LogP contribution in [0.2, 0.25) is 0 Å². The van der Waals surface area contributed by atoms with Crippen LogP contribution in [-0.4, -0.2) is 30.3 Å². The summed E-state index contributed by atoms with van der Waals surface area (Å²) in [6.07, 6.45) is 4.64. The van der Waals surface area contributed by atoms with Gasteiger partial charge in [-0.05, 0) is 32.2 Å². The molecule has 0 aliphatic heterocycles. The smallest absolute Gasteiger partial charge is 0.289 e. The van der Waals surface area contributed by atoms with E-state index in [0.29, 0.717) is 0 Å². The Morgan fingerprint density at radius 2 is 1.94 bits per heavy atom. The summed E-state index contributed by atoms with van der Waals surface area (Å²) in [6, 6.07) is -0.0476. The predicted molar refractivity (Wildman–Crippen MR) is 63.2 cm³/mol. The Morgan fingerprint density at radius 1 is 1.25 bits per heavy atom. The van der Waals surface area contributed by atoms with E-state index >= 15 is 0 Å². The highest BCUT2D eigenvalue weighted by atomic mass is 16.2. The fourth-order valence-corrected chi connectivity index (χ4v) is 1.58. The topological polar surface area (TPSA) is 58.2 Å². The zero-order valence-electron chi connectivity index (χ0n) is 10.2. The number of hydrogen-bond acceptors (Lipinski definition) is 3. The molecule has 1 rings (SSSR count). The van der Waals surface area contributed by atoms with E-state index in [1.165, 1.54) is 0 Å². The Morgan fingerprint density at radius 3 is 2.44 bits per heavy atom. The standard InChI is InChI=1S/C12H22N2O2/c1-3-5-10(13-8-4-2)11(15)12(16)14-9-6-7-9/h9-10,13H,3-8H2,1-2H3,(H,14,16). The van der Waals surface area contributed by atoms with E-state index < -0.39 is 5.91 Å². The van der Waals surface area contributed by atoms with Gasteiger partial charge in [-0.15, -0.1) is 0 Å². The second kappa shape index (κ2) is 6.63. The van der Waals surface area contributed by atoms with Crippen LogP contribution in [-0.2, 0) is 9.59 Å². The second-order valence-electron chi connectivity index (χ2n) is 4.41. The molecule has 92 valence electrons. The maximum atomic E-state index is 11.8. The van der Waals surface area contributed by atoms with Crippen molar-refractivity contribution in [2.75, 3.05) is 6.54 Å². The number of ketones is 1. The van der Waals surface area contributed by atoms with Crippen LogP contribution in [0.1, 0.15) is 46.0 Å². The first-order valence-electron chi connectivity index (χ1n) is 6.27. The summed E-state index contributed by atoms with van der Waals surface area (Å²) < 4.78 is 0. The van der Waals surface area contributed by atoms with Crippen molar-refractivity contribution in [1.82, 2.24) is 10.6 Å². The molecule has 1 saturated carbocycles. The lowest BCUT2D eigenvalue weighted by molar-refractivity contribution is -0.139. The molecule has 2 N–H and O–H groups in total. The van der Waals surface area contributed by atoms with Crippen LogP contribution in [0, 0.1) is 0 Å². The summed E-state index contributed by atoms with van der Waals surface area (Å²) in [7, 11) is 0. The minimum Gasteiger partial charge on any atom is -0.347 e. The van der Waals surface area contributed by atoms with Crippen LogP contribution < -0.4 is 10.6 Å². The summed E-state index contributed by atoms with van der Waals surface area (Å²) in [5.74, 6) is -0.716. The summed E-state index contributed by atoms with van der Waals surface area (Å²) in [5, 5.41) is 5.87. The largest absolute Gasteiger partial charge is 0.347 e. The van der Waals surface area contributed by atoms with E-state index in [1.54, 1.807) is 0 Å². The number of nitrogens with one attached hydrogen (secondary N) is 2. The molecule has 0 aromatic carbocycles. The van der Waals surface area contributed by atoms with E-state index in [1.807, 2.05) is 13.8 Å². The van der Waals surface area contributed by atoms with Crippen molar-refractivity contribution in [2.24, 2.45) is 0 Å². The predicted octanol–water partition coefficient (Wildman–Crippen LogP) is 1.00. The molecule has 0 heterocycles. The molecule has 1 fully saturated rings.